The van der Waals surface area contributed by atoms with E-state index in [4.69, 9.17) is 5.73 Å². The smallest absolute Gasteiger partial charge is 0.0495 e. The molecule has 2 rings (SSSR count). The Bertz CT molecular complexity index is 427. The maximum Gasteiger partial charge on any atom is 0.0495 e. The van der Waals surface area contributed by atoms with E-state index < -0.39 is 0 Å². The fraction of sp³-hybridized carbons (Fsp3) is 0.667. The van der Waals surface area contributed by atoms with E-state index in [1.807, 2.05) is 0 Å². The Kier molecular flexibility index (Phi) is 5.09. The van der Waals surface area contributed by atoms with Gasteiger partial charge >= 0.3 is 0 Å². The molecule has 20 heavy (non-hydrogen) atoms. The Morgan fingerprint density at radius 1 is 1.25 bits per heavy atom. The van der Waals surface area contributed by atoms with Gasteiger partial charge in [0.25, 0.3) is 0 Å². The van der Waals surface area contributed by atoms with Gasteiger partial charge in [0, 0.05) is 17.8 Å². The minimum atomic E-state index is 0.0930. The van der Waals surface area contributed by atoms with Crippen LogP contribution < -0.4 is 11.1 Å². The van der Waals surface area contributed by atoms with Gasteiger partial charge in [0.05, 0.1) is 0 Å². The monoisotopic (exact) mass is 274 g/mol. The minimum absolute atomic E-state index is 0.0930. The molecule has 0 radical (unpaired) electrons. The predicted molar refractivity (Wildman–Crippen MR) is 88.0 cm³/mol. The predicted octanol–water partition coefficient (Wildman–Crippen LogP) is 4.34. The first kappa shape index (κ1) is 15.4. The molecule has 1 aromatic rings. The molecule has 0 aromatic heterocycles. The van der Waals surface area contributed by atoms with Gasteiger partial charge in [-0.15, -0.1) is 0 Å². The zero-order chi connectivity index (χ0) is 14.6. The summed E-state index contributed by atoms with van der Waals surface area (Å²) in [6, 6.07) is 8.54. The fourth-order valence-electron chi connectivity index (χ4n) is 3.48. The van der Waals surface area contributed by atoms with Gasteiger partial charge in [0.2, 0.25) is 0 Å². The highest BCUT2D eigenvalue weighted by Gasteiger charge is 2.32. The van der Waals surface area contributed by atoms with Crippen LogP contribution in [-0.4, -0.2) is 12.1 Å². The molecule has 0 heterocycles. The molecule has 112 valence electrons. The Morgan fingerprint density at radius 2 is 2.00 bits per heavy atom. The third-order valence-electron chi connectivity index (χ3n) is 5.10. The van der Waals surface area contributed by atoms with Crippen LogP contribution in [0.25, 0.3) is 0 Å². The lowest BCUT2D eigenvalue weighted by atomic mass is 9.86. The summed E-state index contributed by atoms with van der Waals surface area (Å²) in [6.45, 7) is 7.61. The number of hydrogen-bond donors (Lipinski definition) is 2. The Hall–Kier alpha value is -1.02. The Balaban J connectivity index is 2.12. The number of nitrogens with two attached hydrogens (primary N) is 1. The molecule has 2 unspecified atom stereocenters. The van der Waals surface area contributed by atoms with Crippen LogP contribution in [-0.2, 0) is 0 Å². The third kappa shape index (κ3) is 3.54. The van der Waals surface area contributed by atoms with Crippen LogP contribution in [0.4, 0.5) is 5.69 Å². The van der Waals surface area contributed by atoms with Crippen LogP contribution in [0.1, 0.15) is 51.5 Å². The lowest BCUT2D eigenvalue weighted by Gasteiger charge is -2.34. The van der Waals surface area contributed by atoms with Gasteiger partial charge < -0.3 is 11.1 Å². The lowest BCUT2D eigenvalue weighted by molar-refractivity contribution is 0.332. The molecule has 0 saturated heterocycles. The summed E-state index contributed by atoms with van der Waals surface area (Å²) < 4.78 is 0. The Morgan fingerprint density at radius 3 is 2.65 bits per heavy atom. The molecule has 0 aliphatic heterocycles. The van der Waals surface area contributed by atoms with Crippen molar-refractivity contribution in [1.29, 1.82) is 0 Å². The maximum absolute atomic E-state index is 6.16. The average molecular weight is 274 g/mol. The van der Waals surface area contributed by atoms with E-state index in [0.29, 0.717) is 0 Å². The van der Waals surface area contributed by atoms with Gasteiger partial charge in [-0.25, -0.2) is 0 Å². The molecule has 1 aliphatic carbocycles. The zero-order valence-electron chi connectivity index (χ0n) is 13.3. The zero-order valence-corrected chi connectivity index (χ0v) is 13.3. The van der Waals surface area contributed by atoms with Crippen molar-refractivity contribution in [3.63, 3.8) is 0 Å². The van der Waals surface area contributed by atoms with E-state index >= 15 is 0 Å². The van der Waals surface area contributed by atoms with E-state index in [-0.39, 0.29) is 5.54 Å². The number of rotatable bonds is 4. The summed E-state index contributed by atoms with van der Waals surface area (Å²) in [4.78, 5) is 0. The van der Waals surface area contributed by atoms with Crippen LogP contribution in [0.3, 0.4) is 0 Å². The minimum Gasteiger partial charge on any atom is -0.378 e. The Labute approximate surface area is 124 Å². The summed E-state index contributed by atoms with van der Waals surface area (Å²) in [7, 11) is 0. The highest BCUT2D eigenvalue weighted by molar-refractivity contribution is 5.52. The second-order valence-electron chi connectivity index (χ2n) is 6.86. The number of benzene rings is 1. The van der Waals surface area contributed by atoms with Crippen LogP contribution in [0.5, 0.6) is 0 Å². The summed E-state index contributed by atoms with van der Waals surface area (Å²) in [5.74, 6) is 1.66. The molecule has 2 nitrogen and oxygen atoms in total. The van der Waals surface area contributed by atoms with Gasteiger partial charge in [0.15, 0.2) is 0 Å². The molecule has 2 heteroatoms. The van der Waals surface area contributed by atoms with E-state index in [9.17, 15) is 0 Å². The number of hydrogen-bond acceptors (Lipinski definition) is 2. The molecular formula is C18H30N2. The van der Waals surface area contributed by atoms with Crippen molar-refractivity contribution in [2.75, 3.05) is 11.9 Å². The van der Waals surface area contributed by atoms with Gasteiger partial charge in [-0.05, 0) is 49.7 Å². The molecule has 1 aromatic carbocycles. The lowest BCUT2D eigenvalue weighted by Crippen LogP contribution is -2.45. The van der Waals surface area contributed by atoms with Gasteiger partial charge in [-0.1, -0.05) is 44.9 Å². The molecule has 1 fully saturated rings. The van der Waals surface area contributed by atoms with Crippen molar-refractivity contribution in [3.8, 4) is 0 Å². The summed E-state index contributed by atoms with van der Waals surface area (Å²) in [5, 5.41) is 3.79. The maximum atomic E-state index is 6.16. The number of nitrogens with one attached hydrogen (secondary N) is 1. The standard InChI is InChI=1S/C18H30N2/c1-14(2)16-8-6-11-18(13-19,12-10-16)20-17-9-5-4-7-15(17)3/h4-5,7,9,14,16,20H,6,8,10-13,19H2,1-3H3. The van der Waals surface area contributed by atoms with Crippen LogP contribution in [0.2, 0.25) is 0 Å². The molecule has 3 N–H and O–H groups in total. The first-order valence-electron chi connectivity index (χ1n) is 8.10. The molecule has 0 amide bonds. The summed E-state index contributed by atoms with van der Waals surface area (Å²) in [6.07, 6.45) is 6.34. The molecule has 1 saturated carbocycles. The van der Waals surface area contributed by atoms with Crippen molar-refractivity contribution < 1.29 is 0 Å². The summed E-state index contributed by atoms with van der Waals surface area (Å²) >= 11 is 0. The molecule has 1 aliphatic rings. The van der Waals surface area contributed by atoms with Gasteiger partial charge in [0.1, 0.15) is 0 Å². The average Bonchev–Trinajstić information content (AvgIpc) is 2.65. The largest absolute Gasteiger partial charge is 0.378 e. The second kappa shape index (κ2) is 6.62. The molecule has 2 atom stereocenters. The van der Waals surface area contributed by atoms with Crippen molar-refractivity contribution in [3.05, 3.63) is 29.8 Å². The van der Waals surface area contributed by atoms with Crippen molar-refractivity contribution in [2.24, 2.45) is 17.6 Å². The number of para-hydroxylation sites is 1. The summed E-state index contributed by atoms with van der Waals surface area (Å²) in [5.41, 5.74) is 8.82. The van der Waals surface area contributed by atoms with Gasteiger partial charge in [-0.3, -0.25) is 0 Å². The topological polar surface area (TPSA) is 38.0 Å². The number of anilines is 1. The van der Waals surface area contributed by atoms with Crippen LogP contribution in [0, 0.1) is 18.8 Å². The SMILES string of the molecule is Cc1ccccc1NC1(CN)CCCC(C(C)C)CC1. The van der Waals surface area contributed by atoms with Crippen molar-refractivity contribution in [1.82, 2.24) is 0 Å². The first-order chi connectivity index (χ1) is 9.56. The van der Waals surface area contributed by atoms with Crippen LogP contribution >= 0.6 is 0 Å². The number of aryl methyl sites for hydroxylation is 1. The molecule has 0 bridgehead atoms. The normalized spacial score (nSPS) is 27.4. The molecular weight excluding hydrogens is 244 g/mol. The van der Waals surface area contributed by atoms with Gasteiger partial charge in [-0.2, -0.15) is 0 Å². The van der Waals surface area contributed by atoms with Crippen molar-refractivity contribution >= 4 is 5.69 Å². The van der Waals surface area contributed by atoms with Crippen molar-refractivity contribution in [2.45, 2.75) is 58.4 Å². The van der Waals surface area contributed by atoms with E-state index in [0.717, 1.165) is 18.4 Å². The quantitative estimate of drug-likeness (QED) is 0.801. The van der Waals surface area contributed by atoms with E-state index in [1.54, 1.807) is 0 Å². The third-order valence-corrected chi connectivity index (χ3v) is 5.10. The first-order valence-corrected chi connectivity index (χ1v) is 8.10. The molecule has 0 spiro atoms. The second-order valence-corrected chi connectivity index (χ2v) is 6.86. The highest BCUT2D eigenvalue weighted by atomic mass is 15.0. The van der Waals surface area contributed by atoms with E-state index in [1.165, 1.54) is 43.4 Å². The fourth-order valence-corrected chi connectivity index (χ4v) is 3.48. The van der Waals surface area contributed by atoms with Crippen LogP contribution in [0.15, 0.2) is 24.3 Å². The highest BCUT2D eigenvalue weighted by Crippen LogP contribution is 2.36. The van der Waals surface area contributed by atoms with E-state index in [2.05, 4.69) is 50.4 Å².